The van der Waals surface area contributed by atoms with Crippen LogP contribution in [0.5, 0.6) is 0 Å². The highest BCUT2D eigenvalue weighted by Gasteiger charge is 2.52. The smallest absolute Gasteiger partial charge is 0.238 e. The van der Waals surface area contributed by atoms with E-state index in [9.17, 15) is 9.00 Å². The van der Waals surface area contributed by atoms with E-state index in [0.29, 0.717) is 32.5 Å². The van der Waals surface area contributed by atoms with Gasteiger partial charge in [0, 0.05) is 54.4 Å². The molecule has 1 unspecified atom stereocenters. The summed E-state index contributed by atoms with van der Waals surface area (Å²) in [4.78, 5) is 30.1. The highest BCUT2D eigenvalue weighted by atomic mass is 32.2. The van der Waals surface area contributed by atoms with Crippen molar-refractivity contribution in [2.75, 3.05) is 24.2 Å². The first kappa shape index (κ1) is 24.5. The van der Waals surface area contributed by atoms with Crippen molar-refractivity contribution < 1.29 is 9.00 Å². The van der Waals surface area contributed by atoms with Crippen molar-refractivity contribution in [3.05, 3.63) is 84.2 Å². The van der Waals surface area contributed by atoms with Gasteiger partial charge in [-0.2, -0.15) is 0 Å². The van der Waals surface area contributed by atoms with Gasteiger partial charge in [-0.25, -0.2) is 8.51 Å². The number of benzene rings is 1. The summed E-state index contributed by atoms with van der Waals surface area (Å²) in [5.74, 6) is 0.0697. The molecule has 39 heavy (non-hydrogen) atoms. The third kappa shape index (κ3) is 3.91. The van der Waals surface area contributed by atoms with Gasteiger partial charge in [-0.1, -0.05) is 30.3 Å². The molecule has 2 fully saturated rings. The average Bonchev–Trinajstić information content (AvgIpc) is 3.69. The molecule has 1 spiro atoms. The maximum atomic E-state index is 14.2. The fourth-order valence-electron chi connectivity index (χ4n) is 6.28. The predicted octanol–water partition coefficient (Wildman–Crippen LogP) is 3.81. The number of nitrogens with zero attached hydrogens (tertiary/aromatic N) is 5. The van der Waals surface area contributed by atoms with Crippen molar-refractivity contribution in [1.82, 2.24) is 19.3 Å². The van der Waals surface area contributed by atoms with Gasteiger partial charge in [-0.05, 0) is 48.8 Å². The first-order valence-corrected chi connectivity index (χ1v) is 14.9. The summed E-state index contributed by atoms with van der Waals surface area (Å²) < 4.78 is 14.0. The topological polar surface area (TPSA) is 105 Å². The van der Waals surface area contributed by atoms with Crippen LogP contribution in [0.25, 0.3) is 21.9 Å². The molecule has 4 aromatic rings. The second kappa shape index (κ2) is 9.01. The lowest BCUT2D eigenvalue weighted by Crippen LogP contribution is -2.48. The van der Waals surface area contributed by atoms with Crippen LogP contribution in [0.1, 0.15) is 42.6 Å². The van der Waals surface area contributed by atoms with E-state index in [1.165, 1.54) is 0 Å². The zero-order valence-corrected chi connectivity index (χ0v) is 22.7. The molecule has 1 amide bonds. The summed E-state index contributed by atoms with van der Waals surface area (Å²) in [6.45, 7) is 1.56. The van der Waals surface area contributed by atoms with E-state index in [2.05, 4.69) is 23.2 Å². The molecular weight excluding hydrogens is 508 g/mol. The first-order valence-electron chi connectivity index (χ1n) is 13.4. The summed E-state index contributed by atoms with van der Waals surface area (Å²) in [6.07, 6.45) is 12.2. The Bertz CT molecular complexity index is 1630. The molecule has 0 radical (unpaired) electrons. The van der Waals surface area contributed by atoms with Gasteiger partial charge in [0.05, 0.1) is 51.8 Å². The molecule has 5 heterocycles. The molecular formula is C30H30N6O2S. The number of piperidine rings is 1. The van der Waals surface area contributed by atoms with Gasteiger partial charge < -0.3 is 10.6 Å². The third-order valence-electron chi connectivity index (χ3n) is 8.74. The number of pyridine rings is 3. The van der Waals surface area contributed by atoms with Crippen LogP contribution in [0, 0.1) is 0 Å². The molecule has 1 atom stereocenters. The van der Waals surface area contributed by atoms with Crippen LogP contribution < -0.4 is 10.6 Å². The summed E-state index contributed by atoms with van der Waals surface area (Å²) in [5.41, 5.74) is 11.0. The van der Waals surface area contributed by atoms with Crippen LogP contribution in [0.15, 0.2) is 67.3 Å². The molecule has 2 N–H and O–H groups in total. The third-order valence-corrected chi connectivity index (χ3v) is 9.83. The zero-order valence-electron chi connectivity index (χ0n) is 21.8. The second-order valence-electron chi connectivity index (χ2n) is 11.0. The molecule has 7 rings (SSSR count). The Kier molecular flexibility index (Phi) is 5.66. The van der Waals surface area contributed by atoms with E-state index < -0.39 is 16.4 Å². The lowest BCUT2D eigenvalue weighted by atomic mass is 9.74. The van der Waals surface area contributed by atoms with Gasteiger partial charge >= 0.3 is 0 Å². The summed E-state index contributed by atoms with van der Waals surface area (Å²) in [7, 11) is -1.05. The van der Waals surface area contributed by atoms with Crippen LogP contribution in [-0.2, 0) is 33.3 Å². The molecule has 8 nitrogen and oxygen atoms in total. The summed E-state index contributed by atoms with van der Waals surface area (Å²) in [6, 6.07) is 14.3. The molecule has 2 aliphatic heterocycles. The van der Waals surface area contributed by atoms with Crippen LogP contribution in [0.2, 0.25) is 0 Å². The molecule has 198 valence electrons. The van der Waals surface area contributed by atoms with Gasteiger partial charge in [-0.15, -0.1) is 0 Å². The molecule has 1 saturated carbocycles. The molecule has 3 aromatic heterocycles. The summed E-state index contributed by atoms with van der Waals surface area (Å²) >= 11 is 0. The average molecular weight is 539 g/mol. The summed E-state index contributed by atoms with van der Waals surface area (Å²) in [5, 5.41) is 2.10. The van der Waals surface area contributed by atoms with Gasteiger partial charge in [0.15, 0.2) is 0 Å². The lowest BCUT2D eigenvalue weighted by molar-refractivity contribution is -0.124. The van der Waals surface area contributed by atoms with Crippen molar-refractivity contribution in [2.24, 2.45) is 5.73 Å². The van der Waals surface area contributed by atoms with Gasteiger partial charge in [0.2, 0.25) is 5.91 Å². The maximum absolute atomic E-state index is 14.2. The van der Waals surface area contributed by atoms with Crippen LogP contribution in [0.3, 0.4) is 0 Å². The highest BCUT2D eigenvalue weighted by molar-refractivity contribution is 7.81. The standard InChI is InChI=1S/C30H30N6O2S/c1-39(38)35-14-11-29(12-15-35)23-8-13-32-18-25(23)36(28(29)37)19-24-27(22-5-3-2-4-20(22)16-33-24)21-6-7-26(34-17-21)30(31)9-10-30/h2-8,13,16-18H,9-12,14-15,19,31H2,1H3. The van der Waals surface area contributed by atoms with E-state index in [0.717, 1.165) is 57.4 Å². The number of nitrogens with two attached hydrogens (primary N) is 1. The fraction of sp³-hybridized carbons (Fsp3) is 0.333. The van der Waals surface area contributed by atoms with Crippen LogP contribution in [-0.4, -0.2) is 48.7 Å². The number of rotatable bonds is 5. The number of fused-ring (bicyclic) bond motifs is 3. The lowest BCUT2D eigenvalue weighted by Gasteiger charge is -2.37. The van der Waals surface area contributed by atoms with E-state index in [1.54, 1.807) is 18.6 Å². The molecule has 1 saturated heterocycles. The highest BCUT2D eigenvalue weighted by Crippen LogP contribution is 2.49. The minimum absolute atomic E-state index is 0.0697. The van der Waals surface area contributed by atoms with E-state index in [4.69, 9.17) is 15.7 Å². The Morgan fingerprint density at radius 1 is 0.974 bits per heavy atom. The molecule has 1 aromatic carbocycles. The largest absolute Gasteiger partial charge is 0.320 e. The van der Waals surface area contributed by atoms with Crippen LogP contribution >= 0.6 is 0 Å². The normalized spacial score (nSPS) is 20.4. The molecule has 9 heteroatoms. The minimum Gasteiger partial charge on any atom is -0.320 e. The number of carbonyl (C=O) groups is 1. The maximum Gasteiger partial charge on any atom is 0.238 e. The van der Waals surface area contributed by atoms with E-state index in [-0.39, 0.29) is 11.4 Å². The Labute approximate surface area is 229 Å². The second-order valence-corrected chi connectivity index (χ2v) is 12.3. The van der Waals surface area contributed by atoms with E-state index >= 15 is 0 Å². The Balaban J connectivity index is 1.30. The zero-order chi connectivity index (χ0) is 26.8. The predicted molar refractivity (Wildman–Crippen MR) is 152 cm³/mol. The quantitative estimate of drug-likeness (QED) is 0.414. The number of aromatic nitrogens is 3. The molecule has 3 aliphatic rings. The minimum atomic E-state index is -1.05. The molecule has 0 bridgehead atoms. The van der Waals surface area contributed by atoms with E-state index in [1.807, 2.05) is 45.9 Å². The number of hydrogen-bond acceptors (Lipinski definition) is 6. The van der Waals surface area contributed by atoms with Gasteiger partial charge in [0.25, 0.3) is 0 Å². The van der Waals surface area contributed by atoms with Crippen molar-refractivity contribution in [1.29, 1.82) is 0 Å². The number of hydrogen-bond donors (Lipinski definition) is 1. The van der Waals surface area contributed by atoms with Gasteiger partial charge in [0.1, 0.15) is 0 Å². The van der Waals surface area contributed by atoms with Crippen molar-refractivity contribution in [3.63, 3.8) is 0 Å². The van der Waals surface area contributed by atoms with Crippen molar-refractivity contribution in [3.8, 4) is 11.1 Å². The Morgan fingerprint density at radius 2 is 1.77 bits per heavy atom. The number of amides is 1. The van der Waals surface area contributed by atoms with Crippen LogP contribution in [0.4, 0.5) is 5.69 Å². The Morgan fingerprint density at radius 3 is 2.49 bits per heavy atom. The molecule has 1 aliphatic carbocycles. The first-order chi connectivity index (χ1) is 18.9. The SMILES string of the molecule is CS(=O)N1CCC2(CC1)C(=O)N(Cc1ncc3ccccc3c1-c1ccc(C3(N)CC3)nc1)c1cnccc12. The number of anilines is 1. The van der Waals surface area contributed by atoms with Gasteiger partial charge in [-0.3, -0.25) is 19.7 Å². The number of carbonyl (C=O) groups excluding carboxylic acids is 1. The van der Waals surface area contributed by atoms with Crippen molar-refractivity contribution >= 4 is 33.4 Å². The Hall–Kier alpha value is -3.53. The van der Waals surface area contributed by atoms with Crippen molar-refractivity contribution in [2.45, 2.75) is 43.2 Å². The fourth-order valence-corrected chi connectivity index (χ4v) is 6.97. The monoisotopic (exact) mass is 538 g/mol.